The summed E-state index contributed by atoms with van der Waals surface area (Å²) in [5, 5.41) is 3.24. The van der Waals surface area contributed by atoms with E-state index in [1.165, 1.54) is 0 Å². The second-order valence-electron chi connectivity index (χ2n) is 2.58. The van der Waals surface area contributed by atoms with Crippen LogP contribution in [0.1, 0.15) is 13.3 Å². The molecule has 0 aliphatic carbocycles. The van der Waals surface area contributed by atoms with Gasteiger partial charge in [0.25, 0.3) is 0 Å². The first-order valence-corrected chi connectivity index (χ1v) is 3.03. The van der Waals surface area contributed by atoms with Crippen LogP contribution in [0.25, 0.3) is 0 Å². The molecule has 0 aromatic carbocycles. The van der Waals surface area contributed by atoms with Crippen molar-refractivity contribution in [2.45, 2.75) is 18.9 Å². The van der Waals surface area contributed by atoms with E-state index in [9.17, 15) is 0 Å². The third-order valence-corrected chi connectivity index (χ3v) is 1.82. The molecule has 1 aliphatic heterocycles. The molecule has 2 heteroatoms. The van der Waals surface area contributed by atoms with E-state index in [4.69, 9.17) is 4.74 Å². The van der Waals surface area contributed by atoms with Gasteiger partial charge in [-0.3, -0.25) is 0 Å². The van der Waals surface area contributed by atoms with Crippen molar-refractivity contribution < 1.29 is 4.74 Å². The zero-order valence-corrected chi connectivity index (χ0v) is 5.53. The van der Waals surface area contributed by atoms with Gasteiger partial charge in [-0.25, -0.2) is 0 Å². The first kappa shape index (κ1) is 6.05. The minimum Gasteiger partial charge on any atom is -0.377 e. The largest absolute Gasteiger partial charge is 0.377 e. The molecule has 2 nitrogen and oxygen atoms in total. The van der Waals surface area contributed by atoms with E-state index >= 15 is 0 Å². The lowest BCUT2D eigenvalue weighted by atomic mass is 10.1. The number of methoxy groups -OCH3 is 1. The lowest BCUT2D eigenvalue weighted by Crippen LogP contribution is -2.29. The van der Waals surface area contributed by atoms with E-state index in [2.05, 4.69) is 12.2 Å². The fourth-order valence-electron chi connectivity index (χ4n) is 0.968. The van der Waals surface area contributed by atoms with Gasteiger partial charge in [-0.2, -0.15) is 0 Å². The Labute approximate surface area is 50.2 Å². The number of rotatable bonds is 1. The Bertz CT molecular complexity index is 76.6. The monoisotopic (exact) mass is 115 g/mol. The number of ether oxygens (including phenoxy) is 1. The SMILES string of the molecule is COC1(C)CCNC1. The Morgan fingerprint density at radius 2 is 2.38 bits per heavy atom. The van der Waals surface area contributed by atoms with E-state index in [1.807, 2.05) is 0 Å². The highest BCUT2D eigenvalue weighted by atomic mass is 16.5. The van der Waals surface area contributed by atoms with Gasteiger partial charge in [-0.15, -0.1) is 0 Å². The Morgan fingerprint density at radius 3 is 2.62 bits per heavy atom. The smallest absolute Gasteiger partial charge is 0.0786 e. The van der Waals surface area contributed by atoms with Crippen molar-refractivity contribution in [3.8, 4) is 0 Å². The van der Waals surface area contributed by atoms with Crippen LogP contribution in [0.5, 0.6) is 0 Å². The van der Waals surface area contributed by atoms with Crippen molar-refractivity contribution in [1.29, 1.82) is 0 Å². The van der Waals surface area contributed by atoms with E-state index in [0.717, 1.165) is 19.5 Å². The number of nitrogens with one attached hydrogen (secondary N) is 1. The summed E-state index contributed by atoms with van der Waals surface area (Å²) < 4.78 is 5.24. The molecule has 0 aromatic heterocycles. The topological polar surface area (TPSA) is 21.3 Å². The third-order valence-electron chi connectivity index (χ3n) is 1.82. The molecule has 0 spiro atoms. The Kier molecular flexibility index (Phi) is 1.54. The van der Waals surface area contributed by atoms with Crippen LogP contribution in [0.15, 0.2) is 0 Å². The summed E-state index contributed by atoms with van der Waals surface area (Å²) in [5.41, 5.74) is 0.125. The first-order chi connectivity index (χ1) is 3.77. The molecule has 1 heterocycles. The summed E-state index contributed by atoms with van der Waals surface area (Å²) in [6.07, 6.45) is 1.14. The molecule has 0 radical (unpaired) electrons. The molecule has 0 saturated carbocycles. The molecule has 0 bridgehead atoms. The molecule has 8 heavy (non-hydrogen) atoms. The molecule has 1 saturated heterocycles. The number of hydrogen-bond acceptors (Lipinski definition) is 2. The lowest BCUT2D eigenvalue weighted by Gasteiger charge is -2.19. The average Bonchev–Trinajstić information content (AvgIpc) is 2.17. The van der Waals surface area contributed by atoms with E-state index in [0.29, 0.717) is 0 Å². The van der Waals surface area contributed by atoms with Crippen LogP contribution in [0.4, 0.5) is 0 Å². The standard InChI is InChI=1S/C6H13NO/c1-6(8-2)3-4-7-5-6/h7H,3-5H2,1-2H3. The zero-order valence-electron chi connectivity index (χ0n) is 5.53. The summed E-state index contributed by atoms with van der Waals surface area (Å²) in [6, 6.07) is 0. The fraction of sp³-hybridized carbons (Fsp3) is 1.00. The van der Waals surface area contributed by atoms with Gasteiger partial charge in [-0.05, 0) is 19.9 Å². The molecule has 0 amide bonds. The molecular formula is C6H13NO. The second-order valence-corrected chi connectivity index (χ2v) is 2.58. The highest BCUT2D eigenvalue weighted by Gasteiger charge is 2.27. The van der Waals surface area contributed by atoms with Crippen molar-refractivity contribution in [3.63, 3.8) is 0 Å². The molecular weight excluding hydrogens is 102 g/mol. The average molecular weight is 115 g/mol. The van der Waals surface area contributed by atoms with Gasteiger partial charge in [0.05, 0.1) is 5.60 Å². The minimum atomic E-state index is 0.125. The Morgan fingerprint density at radius 1 is 1.62 bits per heavy atom. The van der Waals surface area contributed by atoms with Crippen LogP contribution >= 0.6 is 0 Å². The predicted molar refractivity (Wildman–Crippen MR) is 32.9 cm³/mol. The van der Waals surface area contributed by atoms with Crippen LogP contribution in [0, 0.1) is 0 Å². The maximum absolute atomic E-state index is 5.24. The van der Waals surface area contributed by atoms with Crippen LogP contribution < -0.4 is 5.32 Å². The maximum Gasteiger partial charge on any atom is 0.0786 e. The van der Waals surface area contributed by atoms with Gasteiger partial charge in [0.2, 0.25) is 0 Å². The van der Waals surface area contributed by atoms with Crippen molar-refractivity contribution in [3.05, 3.63) is 0 Å². The quantitative estimate of drug-likeness (QED) is 0.533. The molecule has 1 aliphatic rings. The summed E-state index contributed by atoms with van der Waals surface area (Å²) in [4.78, 5) is 0. The zero-order chi connectivity index (χ0) is 6.04. The molecule has 1 fully saturated rings. The molecule has 48 valence electrons. The molecule has 1 atom stereocenters. The Hall–Kier alpha value is -0.0800. The van der Waals surface area contributed by atoms with E-state index < -0.39 is 0 Å². The van der Waals surface area contributed by atoms with Gasteiger partial charge < -0.3 is 10.1 Å². The van der Waals surface area contributed by atoms with Crippen molar-refractivity contribution in [2.24, 2.45) is 0 Å². The molecule has 1 unspecified atom stereocenters. The number of hydrogen-bond donors (Lipinski definition) is 1. The van der Waals surface area contributed by atoms with Crippen LogP contribution in [-0.4, -0.2) is 25.8 Å². The van der Waals surface area contributed by atoms with Gasteiger partial charge in [0.15, 0.2) is 0 Å². The molecule has 0 aromatic rings. The first-order valence-electron chi connectivity index (χ1n) is 3.03. The van der Waals surface area contributed by atoms with Gasteiger partial charge in [0, 0.05) is 13.7 Å². The van der Waals surface area contributed by atoms with Crippen LogP contribution in [0.3, 0.4) is 0 Å². The van der Waals surface area contributed by atoms with Crippen LogP contribution in [-0.2, 0) is 4.74 Å². The van der Waals surface area contributed by atoms with Gasteiger partial charge >= 0.3 is 0 Å². The summed E-state index contributed by atoms with van der Waals surface area (Å²) in [5.74, 6) is 0. The second kappa shape index (κ2) is 2.03. The van der Waals surface area contributed by atoms with Crippen molar-refractivity contribution in [1.82, 2.24) is 5.32 Å². The Balaban J connectivity index is 2.40. The van der Waals surface area contributed by atoms with Crippen molar-refractivity contribution in [2.75, 3.05) is 20.2 Å². The van der Waals surface area contributed by atoms with E-state index in [1.54, 1.807) is 7.11 Å². The fourth-order valence-corrected chi connectivity index (χ4v) is 0.968. The minimum absolute atomic E-state index is 0.125. The summed E-state index contributed by atoms with van der Waals surface area (Å²) in [6.45, 7) is 4.24. The highest BCUT2D eigenvalue weighted by molar-refractivity contribution is 4.84. The highest BCUT2D eigenvalue weighted by Crippen LogP contribution is 2.16. The molecule has 1 rings (SSSR count). The van der Waals surface area contributed by atoms with E-state index in [-0.39, 0.29) is 5.60 Å². The van der Waals surface area contributed by atoms with Gasteiger partial charge in [0.1, 0.15) is 0 Å². The van der Waals surface area contributed by atoms with Gasteiger partial charge in [-0.1, -0.05) is 0 Å². The third kappa shape index (κ3) is 1.01. The summed E-state index contributed by atoms with van der Waals surface area (Å²) >= 11 is 0. The maximum atomic E-state index is 5.24. The van der Waals surface area contributed by atoms with Crippen molar-refractivity contribution >= 4 is 0 Å². The lowest BCUT2D eigenvalue weighted by molar-refractivity contribution is 0.0242. The van der Waals surface area contributed by atoms with Crippen LogP contribution in [0.2, 0.25) is 0 Å². The molecule has 1 N–H and O–H groups in total. The predicted octanol–water partition coefficient (Wildman–Crippen LogP) is 0.385. The normalized spacial score (nSPS) is 38.2. The summed E-state index contributed by atoms with van der Waals surface area (Å²) in [7, 11) is 1.77.